The number of amides is 1. The second-order valence-corrected chi connectivity index (χ2v) is 7.81. The normalized spacial score (nSPS) is 13.9. The van der Waals surface area contributed by atoms with Gasteiger partial charge < -0.3 is 29.0 Å². The van der Waals surface area contributed by atoms with Gasteiger partial charge in [-0.25, -0.2) is 4.79 Å². The Morgan fingerprint density at radius 1 is 1.06 bits per heavy atom. The first-order valence-electron chi connectivity index (χ1n) is 11.1. The molecule has 32 heavy (non-hydrogen) atoms. The lowest BCUT2D eigenvalue weighted by atomic mass is 10.0. The molecule has 0 bridgehead atoms. The van der Waals surface area contributed by atoms with Crippen molar-refractivity contribution in [2.45, 2.75) is 26.7 Å². The Hall–Kier alpha value is -3.00. The zero-order valence-corrected chi connectivity index (χ0v) is 19.4. The van der Waals surface area contributed by atoms with Gasteiger partial charge in [-0.2, -0.15) is 0 Å². The van der Waals surface area contributed by atoms with Crippen molar-refractivity contribution >= 4 is 17.6 Å². The molecule has 0 unspecified atom stereocenters. The number of carbonyl (C=O) groups excluding carboxylic acids is 2. The van der Waals surface area contributed by atoms with E-state index in [1.54, 1.807) is 14.0 Å². The van der Waals surface area contributed by atoms with Gasteiger partial charge in [0.05, 0.1) is 25.0 Å². The lowest BCUT2D eigenvalue weighted by Crippen LogP contribution is -2.49. The topological polar surface area (TPSA) is 84.1 Å². The third kappa shape index (κ3) is 5.07. The van der Waals surface area contributed by atoms with Crippen molar-refractivity contribution in [2.24, 2.45) is 0 Å². The van der Waals surface area contributed by atoms with Gasteiger partial charge in [0.2, 0.25) is 0 Å². The Morgan fingerprint density at radius 3 is 2.44 bits per heavy atom. The second kappa shape index (κ2) is 11.0. The van der Waals surface area contributed by atoms with Gasteiger partial charge in [-0.1, -0.05) is 25.5 Å². The molecule has 174 valence electrons. The van der Waals surface area contributed by atoms with E-state index in [-0.39, 0.29) is 5.91 Å². The Kier molecular flexibility index (Phi) is 8.16. The van der Waals surface area contributed by atoms with Gasteiger partial charge in [0, 0.05) is 39.0 Å². The average Bonchev–Trinajstić information content (AvgIpc) is 3.14. The number of ether oxygens (including phenoxy) is 3. The van der Waals surface area contributed by atoms with E-state index in [0.29, 0.717) is 62.8 Å². The fourth-order valence-electron chi connectivity index (χ4n) is 4.12. The van der Waals surface area contributed by atoms with E-state index in [4.69, 9.17) is 14.2 Å². The molecule has 8 nitrogen and oxygen atoms in total. The van der Waals surface area contributed by atoms with Crippen molar-refractivity contribution in [3.8, 4) is 5.75 Å². The Balaban J connectivity index is 1.73. The molecule has 1 aromatic heterocycles. The van der Waals surface area contributed by atoms with E-state index in [9.17, 15) is 9.59 Å². The Bertz CT molecular complexity index is 932. The van der Waals surface area contributed by atoms with Crippen LogP contribution in [0.4, 0.5) is 5.69 Å². The molecule has 0 atom stereocenters. The van der Waals surface area contributed by atoms with E-state index in [1.807, 2.05) is 36.1 Å². The summed E-state index contributed by atoms with van der Waals surface area (Å²) in [6.07, 6.45) is 1.47. The van der Waals surface area contributed by atoms with Crippen molar-refractivity contribution < 1.29 is 23.8 Å². The van der Waals surface area contributed by atoms with Crippen LogP contribution in [-0.2, 0) is 15.9 Å². The summed E-state index contributed by atoms with van der Waals surface area (Å²) in [6, 6.07) is 7.93. The number of anilines is 1. The van der Waals surface area contributed by atoms with Crippen LogP contribution in [0.3, 0.4) is 0 Å². The van der Waals surface area contributed by atoms with Crippen molar-refractivity contribution in [3.63, 3.8) is 0 Å². The van der Waals surface area contributed by atoms with Gasteiger partial charge in [-0.3, -0.25) is 4.79 Å². The molecule has 0 radical (unpaired) electrons. The molecular weight excluding hydrogens is 410 g/mol. The average molecular weight is 444 g/mol. The molecule has 1 saturated heterocycles. The minimum absolute atomic E-state index is 0.0732. The van der Waals surface area contributed by atoms with Gasteiger partial charge >= 0.3 is 5.97 Å². The fourth-order valence-corrected chi connectivity index (χ4v) is 4.12. The van der Waals surface area contributed by atoms with Crippen molar-refractivity contribution in [3.05, 3.63) is 46.8 Å². The summed E-state index contributed by atoms with van der Waals surface area (Å²) in [4.78, 5) is 32.8. The van der Waals surface area contributed by atoms with E-state index in [2.05, 4.69) is 9.88 Å². The van der Waals surface area contributed by atoms with Crippen LogP contribution in [-0.4, -0.2) is 75.4 Å². The summed E-state index contributed by atoms with van der Waals surface area (Å²) in [7, 11) is 3.01. The number of aryl methyl sites for hydroxylation is 1. The van der Waals surface area contributed by atoms with Gasteiger partial charge in [-0.15, -0.1) is 0 Å². The van der Waals surface area contributed by atoms with E-state index in [0.717, 1.165) is 23.4 Å². The van der Waals surface area contributed by atoms with Gasteiger partial charge in [0.15, 0.2) is 0 Å². The van der Waals surface area contributed by atoms with Crippen molar-refractivity contribution in [1.82, 2.24) is 9.88 Å². The zero-order chi connectivity index (χ0) is 23.1. The number of carbonyl (C=O) groups is 2. The first-order valence-corrected chi connectivity index (χ1v) is 11.1. The molecule has 1 amide bonds. The summed E-state index contributed by atoms with van der Waals surface area (Å²) in [5.74, 6) is 0.337. The highest BCUT2D eigenvalue weighted by molar-refractivity contribution is 6.00. The number of methoxy groups -OCH3 is 2. The molecular formula is C24H33N3O5. The Labute approximate surface area is 189 Å². The number of hydrogen-bond acceptors (Lipinski definition) is 6. The van der Waals surface area contributed by atoms with Crippen LogP contribution in [0.25, 0.3) is 0 Å². The van der Waals surface area contributed by atoms with Crippen LogP contribution >= 0.6 is 0 Å². The SMILES string of the molecule is CCCc1c(C(=O)N2CCN(c3ccccc3OCCOC)CC2)[nH]c(C)c1C(=O)OC. The largest absolute Gasteiger partial charge is 0.489 e. The maximum absolute atomic E-state index is 13.3. The number of aromatic amines is 1. The predicted octanol–water partition coefficient (Wildman–Crippen LogP) is 3.05. The molecule has 0 aliphatic carbocycles. The monoisotopic (exact) mass is 443 g/mol. The van der Waals surface area contributed by atoms with Gasteiger partial charge in [-0.05, 0) is 31.0 Å². The highest BCUT2D eigenvalue weighted by Crippen LogP contribution is 2.29. The minimum Gasteiger partial charge on any atom is -0.489 e. The maximum Gasteiger partial charge on any atom is 0.339 e. The number of para-hydroxylation sites is 2. The zero-order valence-electron chi connectivity index (χ0n) is 19.4. The summed E-state index contributed by atoms with van der Waals surface area (Å²) < 4.78 is 15.9. The van der Waals surface area contributed by atoms with Crippen LogP contribution in [0.1, 0.15) is 45.4 Å². The molecule has 0 spiro atoms. The van der Waals surface area contributed by atoms with Gasteiger partial charge in [0.1, 0.15) is 18.1 Å². The molecule has 1 aromatic carbocycles. The molecule has 2 aromatic rings. The van der Waals surface area contributed by atoms with Crippen molar-refractivity contribution in [1.29, 1.82) is 0 Å². The fraction of sp³-hybridized carbons (Fsp3) is 0.500. The number of hydrogen-bond donors (Lipinski definition) is 1. The number of rotatable bonds is 9. The lowest BCUT2D eigenvalue weighted by molar-refractivity contribution is 0.0599. The predicted molar refractivity (Wildman–Crippen MR) is 123 cm³/mol. The van der Waals surface area contributed by atoms with Crippen LogP contribution in [0.5, 0.6) is 5.75 Å². The van der Waals surface area contributed by atoms with Crippen molar-refractivity contribution in [2.75, 3.05) is 58.5 Å². The molecule has 0 saturated carbocycles. The Morgan fingerprint density at radius 2 is 1.78 bits per heavy atom. The molecule has 1 aliphatic rings. The first kappa shape index (κ1) is 23.7. The molecule has 1 N–H and O–H groups in total. The number of piperazine rings is 1. The molecule has 3 rings (SSSR count). The number of nitrogens with zero attached hydrogens (tertiary/aromatic N) is 2. The number of aromatic nitrogens is 1. The highest BCUT2D eigenvalue weighted by atomic mass is 16.5. The highest BCUT2D eigenvalue weighted by Gasteiger charge is 2.29. The number of benzene rings is 1. The van der Waals surface area contributed by atoms with Crippen LogP contribution in [0, 0.1) is 6.92 Å². The summed E-state index contributed by atoms with van der Waals surface area (Å²) in [6.45, 7) is 7.42. The molecule has 1 aliphatic heterocycles. The summed E-state index contributed by atoms with van der Waals surface area (Å²) >= 11 is 0. The molecule has 1 fully saturated rings. The van der Waals surface area contributed by atoms with E-state index < -0.39 is 5.97 Å². The first-order chi connectivity index (χ1) is 15.5. The van der Waals surface area contributed by atoms with Crippen LogP contribution < -0.4 is 9.64 Å². The smallest absolute Gasteiger partial charge is 0.339 e. The van der Waals surface area contributed by atoms with E-state index in [1.165, 1.54) is 7.11 Å². The maximum atomic E-state index is 13.3. The third-order valence-electron chi connectivity index (χ3n) is 5.71. The number of H-pyrrole nitrogens is 1. The second-order valence-electron chi connectivity index (χ2n) is 7.81. The quantitative estimate of drug-likeness (QED) is 0.474. The minimum atomic E-state index is -0.406. The molecule has 2 heterocycles. The number of nitrogens with one attached hydrogen (secondary N) is 1. The lowest BCUT2D eigenvalue weighted by Gasteiger charge is -2.36. The van der Waals surface area contributed by atoms with Gasteiger partial charge in [0.25, 0.3) is 5.91 Å². The van der Waals surface area contributed by atoms with E-state index >= 15 is 0 Å². The summed E-state index contributed by atoms with van der Waals surface area (Å²) in [5, 5.41) is 0. The number of esters is 1. The third-order valence-corrected chi connectivity index (χ3v) is 5.71. The standard InChI is InChI=1S/C24H33N3O5/c1-5-8-18-21(24(29)31-4)17(2)25-22(18)23(28)27-13-11-26(12-14-27)19-9-6-7-10-20(19)32-16-15-30-3/h6-7,9-10,25H,5,8,11-16H2,1-4H3. The van der Waals surface area contributed by atoms with Crippen LogP contribution in [0.2, 0.25) is 0 Å². The molecule has 8 heteroatoms. The summed E-state index contributed by atoms with van der Waals surface area (Å²) in [5.41, 5.74) is 3.43. The van der Waals surface area contributed by atoms with Crippen LogP contribution in [0.15, 0.2) is 24.3 Å².